The highest BCUT2D eigenvalue weighted by atomic mass is 32.2. The number of sulfonamides is 1. The first-order chi connectivity index (χ1) is 11.9. The first kappa shape index (κ1) is 17.1. The highest BCUT2D eigenvalue weighted by Crippen LogP contribution is 2.15. The van der Waals surface area contributed by atoms with E-state index in [2.05, 4.69) is 14.4 Å². The number of hydrogen-bond donors (Lipinski definition) is 1. The Balaban J connectivity index is 1.75. The highest BCUT2D eigenvalue weighted by Gasteiger charge is 2.15. The van der Waals surface area contributed by atoms with Crippen LogP contribution in [0.2, 0.25) is 0 Å². The van der Waals surface area contributed by atoms with Crippen molar-refractivity contribution in [2.24, 2.45) is 7.05 Å². The number of fused-ring (bicyclic) bond motifs is 1. The van der Waals surface area contributed by atoms with E-state index in [9.17, 15) is 13.2 Å². The second-order valence-electron chi connectivity index (χ2n) is 5.52. The van der Waals surface area contributed by atoms with Crippen LogP contribution in [0.4, 0.5) is 0 Å². The lowest BCUT2D eigenvalue weighted by Crippen LogP contribution is -2.23. The van der Waals surface area contributed by atoms with Crippen LogP contribution in [-0.2, 0) is 28.4 Å². The number of benzene rings is 1. The number of esters is 1. The monoisotopic (exact) mass is 359 g/mol. The zero-order valence-electron chi connectivity index (χ0n) is 13.8. The third-order valence-corrected chi connectivity index (χ3v) is 5.23. The van der Waals surface area contributed by atoms with Crippen LogP contribution < -0.4 is 4.72 Å². The quantitative estimate of drug-likeness (QED) is 0.702. The number of aromatic nitrogens is 2. The Hall–Kier alpha value is -2.71. The summed E-state index contributed by atoms with van der Waals surface area (Å²) >= 11 is 0. The molecule has 7 nitrogen and oxygen atoms in total. The van der Waals surface area contributed by atoms with Crippen molar-refractivity contribution in [2.75, 3.05) is 7.11 Å². The number of methoxy groups -OCH3 is 1. The molecule has 130 valence electrons. The van der Waals surface area contributed by atoms with Crippen molar-refractivity contribution in [3.63, 3.8) is 0 Å². The molecule has 0 saturated heterocycles. The summed E-state index contributed by atoms with van der Waals surface area (Å²) in [5.74, 6) is -0.515. The van der Waals surface area contributed by atoms with Gasteiger partial charge in [-0.15, -0.1) is 0 Å². The molecule has 0 aliphatic heterocycles. The largest absolute Gasteiger partial charge is 0.465 e. The molecule has 0 bridgehead atoms. The minimum absolute atomic E-state index is 0.0777. The molecule has 3 rings (SSSR count). The summed E-state index contributed by atoms with van der Waals surface area (Å²) in [7, 11) is -0.522. The van der Waals surface area contributed by atoms with E-state index in [-0.39, 0.29) is 11.4 Å². The van der Waals surface area contributed by atoms with Gasteiger partial charge >= 0.3 is 5.97 Å². The smallest absolute Gasteiger partial charge is 0.337 e. The molecule has 0 unspecified atom stereocenters. The number of hydrogen-bond acceptors (Lipinski definition) is 5. The van der Waals surface area contributed by atoms with Crippen molar-refractivity contribution in [3.05, 3.63) is 59.9 Å². The fraction of sp³-hybridized carbons (Fsp3) is 0.176. The average molecular weight is 359 g/mol. The van der Waals surface area contributed by atoms with Gasteiger partial charge in [-0.2, -0.15) is 0 Å². The average Bonchev–Trinajstić information content (AvgIpc) is 3.00. The number of ether oxygens (including phenoxy) is 1. The molecule has 25 heavy (non-hydrogen) atoms. The Bertz CT molecular complexity index is 1020. The molecule has 0 saturated carbocycles. The molecule has 0 aliphatic rings. The zero-order chi connectivity index (χ0) is 18.0. The highest BCUT2D eigenvalue weighted by molar-refractivity contribution is 7.89. The van der Waals surface area contributed by atoms with Gasteiger partial charge in [0.15, 0.2) is 0 Å². The zero-order valence-corrected chi connectivity index (χ0v) is 14.6. The van der Waals surface area contributed by atoms with Gasteiger partial charge in [0.1, 0.15) is 5.65 Å². The van der Waals surface area contributed by atoms with Crippen LogP contribution in [-0.4, -0.2) is 31.0 Å². The maximum Gasteiger partial charge on any atom is 0.337 e. The number of aryl methyl sites for hydroxylation is 1. The second-order valence-corrected chi connectivity index (χ2v) is 7.29. The summed E-state index contributed by atoms with van der Waals surface area (Å²) in [6.45, 7) is 0.124. The molecular formula is C17H17N3O4S. The summed E-state index contributed by atoms with van der Waals surface area (Å²) in [5, 5.41) is 0.946. The predicted octanol–water partition coefficient (Wildman–Crippen LogP) is 1.84. The van der Waals surface area contributed by atoms with E-state index in [1.807, 2.05) is 29.9 Å². The SMILES string of the molecule is COC(=O)c1ccc(S(=O)(=O)NCc2cnc3c(ccn3C)c2)cc1. The molecule has 2 heterocycles. The van der Waals surface area contributed by atoms with E-state index < -0.39 is 16.0 Å². The van der Waals surface area contributed by atoms with Gasteiger partial charge in [-0.05, 0) is 42.0 Å². The molecule has 2 aromatic heterocycles. The van der Waals surface area contributed by atoms with Gasteiger partial charge < -0.3 is 9.30 Å². The molecule has 1 N–H and O–H groups in total. The standard InChI is InChI=1S/C17H17N3O4S/c1-20-8-7-14-9-12(10-18-16(14)20)11-19-25(22,23)15-5-3-13(4-6-15)17(21)24-2/h3-10,19H,11H2,1-2H3. The van der Waals surface area contributed by atoms with Gasteiger partial charge in [0.2, 0.25) is 10.0 Å². The van der Waals surface area contributed by atoms with Gasteiger partial charge in [-0.25, -0.2) is 22.9 Å². The maximum atomic E-state index is 12.4. The minimum Gasteiger partial charge on any atom is -0.465 e. The lowest BCUT2D eigenvalue weighted by molar-refractivity contribution is 0.0600. The number of nitrogens with one attached hydrogen (secondary N) is 1. The lowest BCUT2D eigenvalue weighted by atomic mass is 10.2. The van der Waals surface area contributed by atoms with E-state index in [0.29, 0.717) is 5.56 Å². The molecule has 0 radical (unpaired) electrons. The van der Waals surface area contributed by atoms with Crippen molar-refractivity contribution >= 4 is 27.0 Å². The maximum absolute atomic E-state index is 12.4. The number of nitrogens with zero attached hydrogens (tertiary/aromatic N) is 2. The van der Waals surface area contributed by atoms with Gasteiger partial charge in [0, 0.05) is 31.4 Å². The molecule has 0 amide bonds. The summed E-state index contributed by atoms with van der Waals surface area (Å²) in [5.41, 5.74) is 1.89. The topological polar surface area (TPSA) is 90.3 Å². The molecule has 0 atom stereocenters. The van der Waals surface area contributed by atoms with Gasteiger partial charge in [-0.3, -0.25) is 0 Å². The molecular weight excluding hydrogens is 342 g/mol. The Morgan fingerprint density at radius 2 is 1.96 bits per heavy atom. The van der Waals surface area contributed by atoms with Gasteiger partial charge in [-0.1, -0.05) is 0 Å². The Morgan fingerprint density at radius 1 is 1.24 bits per heavy atom. The minimum atomic E-state index is -3.69. The Kier molecular flexibility index (Phi) is 4.56. The molecule has 0 fully saturated rings. The lowest BCUT2D eigenvalue weighted by Gasteiger charge is -2.08. The van der Waals surface area contributed by atoms with Crippen LogP contribution in [0.1, 0.15) is 15.9 Å². The second kappa shape index (κ2) is 6.66. The fourth-order valence-electron chi connectivity index (χ4n) is 2.45. The van der Waals surface area contributed by atoms with Crippen molar-refractivity contribution < 1.29 is 17.9 Å². The molecule has 3 aromatic rings. The van der Waals surface area contributed by atoms with E-state index in [0.717, 1.165) is 16.6 Å². The van der Waals surface area contributed by atoms with Crippen LogP contribution >= 0.6 is 0 Å². The summed E-state index contributed by atoms with van der Waals surface area (Å²) in [4.78, 5) is 15.8. The first-order valence-corrected chi connectivity index (χ1v) is 8.97. The van der Waals surface area contributed by atoms with E-state index in [1.54, 1.807) is 6.20 Å². The molecule has 8 heteroatoms. The predicted molar refractivity (Wildman–Crippen MR) is 92.5 cm³/mol. The fourth-order valence-corrected chi connectivity index (χ4v) is 3.46. The Morgan fingerprint density at radius 3 is 2.64 bits per heavy atom. The first-order valence-electron chi connectivity index (χ1n) is 7.49. The third kappa shape index (κ3) is 3.54. The number of rotatable bonds is 5. The van der Waals surface area contributed by atoms with Crippen LogP contribution in [0.25, 0.3) is 11.0 Å². The molecule has 1 aromatic carbocycles. The van der Waals surface area contributed by atoms with Crippen LogP contribution in [0.5, 0.6) is 0 Å². The van der Waals surface area contributed by atoms with E-state index in [1.165, 1.54) is 31.4 Å². The number of carbonyl (C=O) groups is 1. The number of pyridine rings is 1. The molecule has 0 spiro atoms. The van der Waals surface area contributed by atoms with E-state index >= 15 is 0 Å². The number of carbonyl (C=O) groups excluding carboxylic acids is 1. The van der Waals surface area contributed by atoms with Crippen molar-refractivity contribution in [3.8, 4) is 0 Å². The van der Waals surface area contributed by atoms with E-state index in [4.69, 9.17) is 0 Å². The van der Waals surface area contributed by atoms with Gasteiger partial charge in [0.05, 0.1) is 17.6 Å². The van der Waals surface area contributed by atoms with Gasteiger partial charge in [0.25, 0.3) is 0 Å². The van der Waals surface area contributed by atoms with Crippen molar-refractivity contribution in [1.29, 1.82) is 0 Å². The normalized spacial score (nSPS) is 11.6. The van der Waals surface area contributed by atoms with Crippen molar-refractivity contribution in [2.45, 2.75) is 11.4 Å². The van der Waals surface area contributed by atoms with Crippen LogP contribution in [0.15, 0.2) is 53.7 Å². The van der Waals surface area contributed by atoms with Crippen LogP contribution in [0.3, 0.4) is 0 Å². The third-order valence-electron chi connectivity index (χ3n) is 3.82. The van der Waals surface area contributed by atoms with Crippen LogP contribution in [0, 0.1) is 0 Å². The Labute approximate surface area is 145 Å². The summed E-state index contributed by atoms with van der Waals surface area (Å²) in [6.07, 6.45) is 3.54. The molecule has 0 aliphatic carbocycles. The summed E-state index contributed by atoms with van der Waals surface area (Å²) < 4.78 is 33.8. The summed E-state index contributed by atoms with van der Waals surface area (Å²) in [6, 6.07) is 9.38. The van der Waals surface area contributed by atoms with Crippen molar-refractivity contribution in [1.82, 2.24) is 14.3 Å².